The van der Waals surface area contributed by atoms with E-state index in [0.717, 1.165) is 34.9 Å². The Kier molecular flexibility index (Phi) is 7.76. The van der Waals surface area contributed by atoms with Crippen molar-refractivity contribution in [2.24, 2.45) is 0 Å². The van der Waals surface area contributed by atoms with Crippen LogP contribution in [-0.2, 0) is 9.59 Å². The van der Waals surface area contributed by atoms with Gasteiger partial charge in [0.1, 0.15) is 0 Å². The Morgan fingerprint density at radius 3 is 2.27 bits per heavy atom. The van der Waals surface area contributed by atoms with Crippen molar-refractivity contribution in [3.05, 3.63) is 48.0 Å². The van der Waals surface area contributed by atoms with Crippen LogP contribution in [0.1, 0.15) is 18.4 Å². The first kappa shape index (κ1) is 22.2. The number of anilines is 3. The monoisotopic (exact) mass is 426 g/mol. The quantitative estimate of drug-likeness (QED) is 0.628. The predicted octanol–water partition coefficient (Wildman–Crippen LogP) is 3.83. The maximum atomic E-state index is 12.5. The summed E-state index contributed by atoms with van der Waals surface area (Å²) in [7, 11) is 1.77. The molecule has 1 aliphatic heterocycles. The number of carbonyl (C=O) groups excluding carboxylic acids is 2. The molecule has 30 heavy (non-hydrogen) atoms. The fourth-order valence-corrected chi connectivity index (χ4v) is 4.19. The van der Waals surface area contributed by atoms with Crippen LogP contribution < -0.4 is 15.5 Å². The van der Waals surface area contributed by atoms with Gasteiger partial charge in [0.25, 0.3) is 0 Å². The fraction of sp³-hybridized carbons (Fsp3) is 0.391. The molecule has 1 aliphatic rings. The number of hydrogen-bond donors (Lipinski definition) is 2. The van der Waals surface area contributed by atoms with Gasteiger partial charge in [0, 0.05) is 29.4 Å². The van der Waals surface area contributed by atoms with Gasteiger partial charge in [0.15, 0.2) is 0 Å². The molecule has 1 heterocycles. The van der Waals surface area contributed by atoms with Crippen LogP contribution in [0.4, 0.5) is 17.1 Å². The van der Waals surface area contributed by atoms with Gasteiger partial charge < -0.3 is 15.5 Å². The molecule has 0 bridgehead atoms. The SMILES string of the molecule is CSc1ccccc1NC(=O)CN(C)CC(=O)Nc1ccc(N2CCCC2)cc1C. The number of benzene rings is 2. The van der Waals surface area contributed by atoms with Gasteiger partial charge >= 0.3 is 0 Å². The molecule has 160 valence electrons. The van der Waals surface area contributed by atoms with Gasteiger partial charge in [-0.3, -0.25) is 14.5 Å². The molecule has 0 saturated carbocycles. The van der Waals surface area contributed by atoms with E-state index < -0.39 is 0 Å². The highest BCUT2D eigenvalue weighted by Crippen LogP contribution is 2.26. The van der Waals surface area contributed by atoms with Gasteiger partial charge in [0.2, 0.25) is 11.8 Å². The molecule has 7 heteroatoms. The number of hydrogen-bond acceptors (Lipinski definition) is 5. The largest absolute Gasteiger partial charge is 0.372 e. The lowest BCUT2D eigenvalue weighted by Gasteiger charge is -2.20. The highest BCUT2D eigenvalue weighted by Gasteiger charge is 2.15. The van der Waals surface area contributed by atoms with Crippen molar-refractivity contribution < 1.29 is 9.59 Å². The number of amides is 2. The topological polar surface area (TPSA) is 64.7 Å². The molecule has 6 nitrogen and oxygen atoms in total. The second-order valence-corrected chi connectivity index (χ2v) is 8.51. The van der Waals surface area contributed by atoms with Crippen LogP contribution in [0.25, 0.3) is 0 Å². The van der Waals surface area contributed by atoms with Crippen LogP contribution in [0.5, 0.6) is 0 Å². The number of carbonyl (C=O) groups is 2. The summed E-state index contributed by atoms with van der Waals surface area (Å²) in [5, 5.41) is 5.89. The summed E-state index contributed by atoms with van der Waals surface area (Å²) in [5.74, 6) is -0.273. The van der Waals surface area contributed by atoms with Crippen LogP contribution >= 0.6 is 11.8 Å². The van der Waals surface area contributed by atoms with Crippen molar-refractivity contribution in [2.45, 2.75) is 24.7 Å². The predicted molar refractivity (Wildman–Crippen MR) is 126 cm³/mol. The van der Waals surface area contributed by atoms with E-state index in [1.165, 1.54) is 18.5 Å². The van der Waals surface area contributed by atoms with Gasteiger partial charge in [-0.25, -0.2) is 0 Å². The number of aryl methyl sites for hydroxylation is 1. The Morgan fingerprint density at radius 1 is 1.00 bits per heavy atom. The number of nitrogens with one attached hydrogen (secondary N) is 2. The minimum Gasteiger partial charge on any atom is -0.372 e. The molecule has 2 aromatic carbocycles. The van der Waals surface area contributed by atoms with Crippen LogP contribution in [0.15, 0.2) is 47.4 Å². The van der Waals surface area contributed by atoms with Crippen molar-refractivity contribution >= 4 is 40.6 Å². The highest BCUT2D eigenvalue weighted by atomic mass is 32.2. The molecule has 0 radical (unpaired) electrons. The van der Waals surface area contributed by atoms with Gasteiger partial charge in [-0.1, -0.05) is 12.1 Å². The summed E-state index contributed by atoms with van der Waals surface area (Å²) >= 11 is 1.58. The van der Waals surface area contributed by atoms with Crippen LogP contribution in [0.3, 0.4) is 0 Å². The maximum Gasteiger partial charge on any atom is 0.238 e. The zero-order chi connectivity index (χ0) is 21.5. The Labute approximate surface area is 183 Å². The van der Waals surface area contributed by atoms with Crippen molar-refractivity contribution in [2.75, 3.05) is 55.0 Å². The normalized spacial score (nSPS) is 13.5. The van der Waals surface area contributed by atoms with E-state index >= 15 is 0 Å². The third kappa shape index (κ3) is 6.00. The molecule has 0 spiro atoms. The van der Waals surface area contributed by atoms with E-state index in [4.69, 9.17) is 0 Å². The van der Waals surface area contributed by atoms with E-state index in [0.29, 0.717) is 0 Å². The summed E-state index contributed by atoms with van der Waals surface area (Å²) in [6, 6.07) is 13.8. The summed E-state index contributed by atoms with van der Waals surface area (Å²) in [4.78, 5) is 29.9. The molecule has 0 unspecified atom stereocenters. The van der Waals surface area contributed by atoms with E-state index in [-0.39, 0.29) is 24.9 Å². The number of likely N-dealkylation sites (N-methyl/N-ethyl adjacent to an activating group) is 1. The van der Waals surface area contributed by atoms with Crippen LogP contribution in [-0.4, -0.2) is 56.2 Å². The lowest BCUT2D eigenvalue weighted by molar-refractivity contribution is -0.119. The molecular weight excluding hydrogens is 396 g/mol. The van der Waals surface area contributed by atoms with Crippen molar-refractivity contribution in [3.63, 3.8) is 0 Å². The zero-order valence-electron chi connectivity index (χ0n) is 17.9. The lowest BCUT2D eigenvalue weighted by Crippen LogP contribution is -2.36. The van der Waals surface area contributed by atoms with Gasteiger partial charge in [-0.05, 0) is 69.0 Å². The summed E-state index contributed by atoms with van der Waals surface area (Å²) in [5.41, 5.74) is 3.86. The fourth-order valence-electron chi connectivity index (χ4n) is 3.63. The molecule has 1 saturated heterocycles. The standard InChI is InChI=1S/C23H30N4O2S/c1-17-14-18(27-12-6-7-13-27)10-11-19(17)24-22(28)15-26(2)16-23(29)25-20-8-4-5-9-21(20)30-3/h4-5,8-11,14H,6-7,12-13,15-16H2,1-3H3,(H,24,28)(H,25,29). The summed E-state index contributed by atoms with van der Waals surface area (Å²) < 4.78 is 0. The smallest absolute Gasteiger partial charge is 0.238 e. The molecular formula is C23H30N4O2S. The maximum absolute atomic E-state index is 12.5. The van der Waals surface area contributed by atoms with Gasteiger partial charge in [0.05, 0.1) is 18.8 Å². The van der Waals surface area contributed by atoms with Gasteiger partial charge in [-0.2, -0.15) is 0 Å². The average Bonchev–Trinajstić information content (AvgIpc) is 3.24. The summed E-state index contributed by atoms with van der Waals surface area (Å²) in [6.45, 7) is 4.49. The van der Waals surface area contributed by atoms with Crippen molar-refractivity contribution in [3.8, 4) is 0 Å². The molecule has 2 amide bonds. The van der Waals surface area contributed by atoms with Crippen LogP contribution in [0.2, 0.25) is 0 Å². The van der Waals surface area contributed by atoms with E-state index in [1.807, 2.05) is 43.5 Å². The molecule has 0 aromatic heterocycles. The molecule has 0 aliphatic carbocycles. The Morgan fingerprint density at radius 2 is 1.63 bits per heavy atom. The summed E-state index contributed by atoms with van der Waals surface area (Å²) in [6.07, 6.45) is 4.45. The lowest BCUT2D eigenvalue weighted by atomic mass is 10.1. The number of nitrogens with zero attached hydrogens (tertiary/aromatic N) is 2. The molecule has 2 N–H and O–H groups in total. The van der Waals surface area contributed by atoms with Crippen molar-refractivity contribution in [1.29, 1.82) is 0 Å². The second-order valence-electron chi connectivity index (χ2n) is 7.66. The number of para-hydroxylation sites is 1. The van der Waals surface area contributed by atoms with Crippen molar-refractivity contribution in [1.82, 2.24) is 4.90 Å². The highest BCUT2D eigenvalue weighted by molar-refractivity contribution is 7.98. The minimum absolute atomic E-state index is 0.133. The number of thioether (sulfide) groups is 1. The average molecular weight is 427 g/mol. The van der Waals surface area contributed by atoms with Gasteiger partial charge in [-0.15, -0.1) is 11.8 Å². The molecule has 2 aromatic rings. The van der Waals surface area contributed by atoms with E-state index in [9.17, 15) is 9.59 Å². The molecule has 1 fully saturated rings. The first-order chi connectivity index (χ1) is 14.5. The zero-order valence-corrected chi connectivity index (χ0v) is 18.7. The Hall–Kier alpha value is -2.51. The first-order valence-corrected chi connectivity index (χ1v) is 11.5. The third-order valence-electron chi connectivity index (χ3n) is 5.16. The van der Waals surface area contributed by atoms with E-state index in [2.05, 4.69) is 27.7 Å². The molecule has 0 atom stereocenters. The van der Waals surface area contributed by atoms with E-state index in [1.54, 1.807) is 23.7 Å². The van der Waals surface area contributed by atoms with Crippen LogP contribution in [0, 0.1) is 6.92 Å². The number of rotatable bonds is 8. The molecule has 3 rings (SSSR count). The third-order valence-corrected chi connectivity index (χ3v) is 5.96. The minimum atomic E-state index is -0.141. The Bertz CT molecular complexity index is 897. The Balaban J connectivity index is 1.50. The second kappa shape index (κ2) is 10.5. The first-order valence-electron chi connectivity index (χ1n) is 10.2.